The number of aromatic nitrogens is 2. The monoisotopic (exact) mass is 570 g/mol. The molecule has 0 spiro atoms. The van der Waals surface area contributed by atoms with Crippen molar-refractivity contribution in [1.82, 2.24) is 14.7 Å². The van der Waals surface area contributed by atoms with Gasteiger partial charge in [0, 0.05) is 37.4 Å². The summed E-state index contributed by atoms with van der Waals surface area (Å²) in [6.07, 6.45) is -4.76. The third kappa shape index (κ3) is 5.81. The lowest BCUT2D eigenvalue weighted by molar-refractivity contribution is -0.153. The van der Waals surface area contributed by atoms with Crippen molar-refractivity contribution in [1.29, 1.82) is 0 Å². The number of carbonyl (C=O) groups excluding carboxylic acids is 2. The van der Waals surface area contributed by atoms with Gasteiger partial charge in [-0.2, -0.15) is 18.3 Å². The number of hydrogen-bond donors (Lipinski definition) is 0. The van der Waals surface area contributed by atoms with Crippen LogP contribution < -0.4 is 4.90 Å². The van der Waals surface area contributed by atoms with Crippen molar-refractivity contribution in [3.63, 3.8) is 0 Å². The van der Waals surface area contributed by atoms with Gasteiger partial charge in [0.25, 0.3) is 5.91 Å². The molecule has 0 atom stereocenters. The Morgan fingerprint density at radius 2 is 1.68 bits per heavy atom. The maximum Gasteiger partial charge on any atom is 0.450 e. The van der Waals surface area contributed by atoms with E-state index in [-0.39, 0.29) is 31.2 Å². The lowest BCUT2D eigenvalue weighted by Gasteiger charge is -2.36. The molecule has 1 amide bonds. The molecule has 4 aromatic rings. The predicted molar refractivity (Wildman–Crippen MR) is 141 cm³/mol. The summed E-state index contributed by atoms with van der Waals surface area (Å²) < 4.78 is 65.3. The van der Waals surface area contributed by atoms with Gasteiger partial charge in [0.2, 0.25) is 5.76 Å². The van der Waals surface area contributed by atoms with Crippen LogP contribution in [0.1, 0.15) is 39.3 Å². The van der Waals surface area contributed by atoms with Crippen LogP contribution in [0.15, 0.2) is 65.1 Å². The molecule has 5 rings (SSSR count). The van der Waals surface area contributed by atoms with Crippen molar-refractivity contribution in [3.05, 3.63) is 89.3 Å². The number of carbonyl (C=O) groups is 2. The SMILES string of the molecule is CCOC(=O)c1cc(-c2ccc(N3CCN(C(=O)c4cc(C)oc4C(F)(F)F)CC3)cc2)n(-c2cccc(F)c2)n1. The maximum absolute atomic E-state index is 14.0. The van der Waals surface area contributed by atoms with Gasteiger partial charge in [-0.1, -0.05) is 18.2 Å². The van der Waals surface area contributed by atoms with Gasteiger partial charge in [0.05, 0.1) is 23.6 Å². The highest BCUT2D eigenvalue weighted by Gasteiger charge is 2.41. The number of ether oxygens (including phenoxy) is 1. The highest BCUT2D eigenvalue weighted by molar-refractivity contribution is 5.95. The Kier molecular flexibility index (Phi) is 7.57. The number of piperazine rings is 1. The first-order valence-corrected chi connectivity index (χ1v) is 12.9. The van der Waals surface area contributed by atoms with Gasteiger partial charge < -0.3 is 19.0 Å². The molecule has 1 aliphatic heterocycles. The molecule has 12 heteroatoms. The van der Waals surface area contributed by atoms with Gasteiger partial charge in [-0.3, -0.25) is 4.79 Å². The molecule has 0 aliphatic carbocycles. The molecule has 214 valence electrons. The zero-order chi connectivity index (χ0) is 29.3. The molecule has 1 saturated heterocycles. The number of rotatable bonds is 6. The summed E-state index contributed by atoms with van der Waals surface area (Å²) >= 11 is 0. The minimum absolute atomic E-state index is 0.0209. The molecular formula is C29H26F4N4O4. The summed E-state index contributed by atoms with van der Waals surface area (Å²) in [7, 11) is 0. The molecule has 1 aliphatic rings. The number of esters is 1. The van der Waals surface area contributed by atoms with Gasteiger partial charge in [-0.15, -0.1) is 0 Å². The van der Waals surface area contributed by atoms with Crippen LogP contribution in [0.5, 0.6) is 0 Å². The van der Waals surface area contributed by atoms with E-state index >= 15 is 0 Å². The van der Waals surface area contributed by atoms with Gasteiger partial charge in [-0.05, 0) is 56.3 Å². The normalized spacial score (nSPS) is 13.9. The van der Waals surface area contributed by atoms with Gasteiger partial charge in [0.1, 0.15) is 11.6 Å². The first-order valence-electron chi connectivity index (χ1n) is 12.9. The van der Waals surface area contributed by atoms with E-state index in [1.54, 1.807) is 25.1 Å². The molecule has 41 heavy (non-hydrogen) atoms. The molecule has 0 saturated carbocycles. The molecule has 2 aromatic carbocycles. The minimum Gasteiger partial charge on any atom is -0.461 e. The number of amides is 1. The number of halogens is 4. The van der Waals surface area contributed by atoms with E-state index in [4.69, 9.17) is 9.15 Å². The Morgan fingerprint density at radius 1 is 0.976 bits per heavy atom. The fourth-order valence-corrected chi connectivity index (χ4v) is 4.76. The van der Waals surface area contributed by atoms with Crippen LogP contribution in [0.3, 0.4) is 0 Å². The van der Waals surface area contributed by atoms with Crippen LogP contribution in [0.4, 0.5) is 23.2 Å². The van der Waals surface area contributed by atoms with E-state index < -0.39 is 35.2 Å². The third-order valence-corrected chi connectivity index (χ3v) is 6.68. The van der Waals surface area contributed by atoms with E-state index in [2.05, 4.69) is 5.10 Å². The van der Waals surface area contributed by atoms with Gasteiger partial charge in [-0.25, -0.2) is 13.9 Å². The Labute approximate surface area is 232 Å². The minimum atomic E-state index is -4.76. The lowest BCUT2D eigenvalue weighted by atomic mass is 10.1. The standard InChI is InChI=1S/C29H26F4N4O4/c1-3-40-28(39)24-17-25(37(34-24)22-6-4-5-20(30)16-22)19-7-9-21(10-8-19)35-11-13-36(14-12-35)27(38)23-15-18(2)41-26(23)29(31,32)33/h4-10,15-17H,3,11-14H2,1-2H3. The number of nitrogens with zero attached hydrogens (tertiary/aromatic N) is 4. The molecule has 0 unspecified atom stereocenters. The summed E-state index contributed by atoms with van der Waals surface area (Å²) in [6.45, 7) is 4.54. The van der Waals surface area contributed by atoms with Crippen LogP contribution in [0.25, 0.3) is 16.9 Å². The number of furan rings is 1. The molecule has 0 radical (unpaired) electrons. The van der Waals surface area contributed by atoms with Crippen molar-refractivity contribution in [2.75, 3.05) is 37.7 Å². The fourth-order valence-electron chi connectivity index (χ4n) is 4.76. The summed E-state index contributed by atoms with van der Waals surface area (Å²) in [5, 5.41) is 4.35. The lowest BCUT2D eigenvalue weighted by Crippen LogP contribution is -2.49. The Balaban J connectivity index is 1.33. The van der Waals surface area contributed by atoms with E-state index in [0.717, 1.165) is 11.8 Å². The second-order valence-electron chi connectivity index (χ2n) is 9.45. The number of alkyl halides is 3. The molecule has 0 bridgehead atoms. The molecule has 1 fully saturated rings. The van der Waals surface area contributed by atoms with Crippen molar-refractivity contribution in [2.45, 2.75) is 20.0 Å². The zero-order valence-corrected chi connectivity index (χ0v) is 22.2. The fraction of sp³-hybridized carbons (Fsp3) is 0.276. The Bertz CT molecular complexity index is 1570. The van der Waals surface area contributed by atoms with E-state index in [0.29, 0.717) is 30.0 Å². The van der Waals surface area contributed by atoms with Crippen LogP contribution in [-0.2, 0) is 10.9 Å². The highest BCUT2D eigenvalue weighted by atomic mass is 19.4. The molecule has 2 aromatic heterocycles. The summed E-state index contributed by atoms with van der Waals surface area (Å²) in [5.41, 5.74) is 2.14. The summed E-state index contributed by atoms with van der Waals surface area (Å²) in [5.74, 6) is -3.02. The van der Waals surface area contributed by atoms with Crippen molar-refractivity contribution >= 4 is 17.6 Å². The highest BCUT2D eigenvalue weighted by Crippen LogP contribution is 2.35. The predicted octanol–water partition coefficient (Wildman–Crippen LogP) is 5.74. The molecule has 0 N–H and O–H groups in total. The number of anilines is 1. The average Bonchev–Trinajstić information content (AvgIpc) is 3.58. The van der Waals surface area contributed by atoms with Crippen molar-refractivity contribution < 1.29 is 36.3 Å². The Morgan fingerprint density at radius 3 is 2.32 bits per heavy atom. The second kappa shape index (κ2) is 11.1. The van der Waals surface area contributed by atoms with E-state index in [1.807, 2.05) is 29.2 Å². The summed E-state index contributed by atoms with van der Waals surface area (Å²) in [4.78, 5) is 28.6. The molecule has 8 nitrogen and oxygen atoms in total. The van der Waals surface area contributed by atoms with Crippen LogP contribution in [-0.4, -0.2) is 59.3 Å². The first-order chi connectivity index (χ1) is 19.5. The van der Waals surface area contributed by atoms with Crippen LogP contribution >= 0.6 is 0 Å². The quantitative estimate of drug-likeness (QED) is 0.217. The second-order valence-corrected chi connectivity index (χ2v) is 9.45. The summed E-state index contributed by atoms with van der Waals surface area (Å²) in [6, 6.07) is 15.9. The van der Waals surface area contributed by atoms with E-state index in [9.17, 15) is 27.2 Å². The van der Waals surface area contributed by atoms with Gasteiger partial charge >= 0.3 is 12.1 Å². The third-order valence-electron chi connectivity index (χ3n) is 6.68. The zero-order valence-electron chi connectivity index (χ0n) is 22.2. The van der Waals surface area contributed by atoms with Crippen molar-refractivity contribution in [3.8, 4) is 16.9 Å². The Hall–Kier alpha value is -4.61. The maximum atomic E-state index is 14.0. The average molecular weight is 571 g/mol. The van der Waals surface area contributed by atoms with E-state index in [1.165, 1.54) is 28.6 Å². The van der Waals surface area contributed by atoms with Crippen LogP contribution in [0, 0.1) is 12.7 Å². The molecular weight excluding hydrogens is 544 g/mol. The number of hydrogen-bond acceptors (Lipinski definition) is 6. The van der Waals surface area contributed by atoms with Gasteiger partial charge in [0.15, 0.2) is 5.69 Å². The molecule has 3 heterocycles. The smallest absolute Gasteiger partial charge is 0.450 e. The van der Waals surface area contributed by atoms with Crippen molar-refractivity contribution in [2.24, 2.45) is 0 Å². The number of aryl methyl sites for hydroxylation is 1. The first kappa shape index (κ1) is 27.9. The largest absolute Gasteiger partial charge is 0.461 e. The topological polar surface area (TPSA) is 80.8 Å². The number of benzene rings is 2. The van der Waals surface area contributed by atoms with Crippen LogP contribution in [0.2, 0.25) is 0 Å².